The van der Waals surface area contributed by atoms with Crippen LogP contribution in [0.25, 0.3) is 0 Å². The third-order valence-corrected chi connectivity index (χ3v) is 2.92. The highest BCUT2D eigenvalue weighted by molar-refractivity contribution is 5.99. The van der Waals surface area contributed by atoms with Gasteiger partial charge >= 0.3 is 0 Å². The van der Waals surface area contributed by atoms with Gasteiger partial charge in [0.15, 0.2) is 0 Å². The minimum Gasteiger partial charge on any atom is -0.278 e. The zero-order valence-electron chi connectivity index (χ0n) is 11.1. The third kappa shape index (κ3) is 3.55. The molecule has 0 aromatic heterocycles. The van der Waals surface area contributed by atoms with E-state index in [1.807, 2.05) is 49.4 Å². The molecule has 2 rings (SSSR count). The summed E-state index contributed by atoms with van der Waals surface area (Å²) in [5, 5.41) is 4.44. The number of rotatable bonds is 5. The van der Waals surface area contributed by atoms with Crippen LogP contribution in [0.4, 0.5) is 5.69 Å². The Kier molecular flexibility index (Phi) is 4.51. The summed E-state index contributed by atoms with van der Waals surface area (Å²) >= 11 is 0. The number of para-hydroxylation sites is 1. The van der Waals surface area contributed by atoms with E-state index in [-0.39, 0.29) is 0 Å². The molecule has 0 unspecified atom stereocenters. The van der Waals surface area contributed by atoms with Crippen molar-refractivity contribution < 1.29 is 0 Å². The maximum atomic E-state index is 4.44. The number of nitrogens with one attached hydrogen (secondary N) is 1. The molecule has 19 heavy (non-hydrogen) atoms. The number of anilines is 1. The zero-order chi connectivity index (χ0) is 13.5. The summed E-state index contributed by atoms with van der Waals surface area (Å²) < 4.78 is 0. The normalized spacial score (nSPS) is 11.1. The number of nitrogens with zero attached hydrogens (tertiary/aromatic N) is 1. The second kappa shape index (κ2) is 6.55. The highest BCUT2D eigenvalue weighted by Gasteiger charge is 1.99. The Hall–Kier alpha value is -2.35. The van der Waals surface area contributed by atoms with Crippen LogP contribution in [0.15, 0.2) is 72.4 Å². The molecule has 2 aromatic rings. The molecule has 0 bridgehead atoms. The van der Waals surface area contributed by atoms with Gasteiger partial charge in [0.25, 0.3) is 0 Å². The van der Waals surface area contributed by atoms with Crippen LogP contribution in [0.5, 0.6) is 0 Å². The quantitative estimate of drug-likeness (QED) is 0.479. The third-order valence-electron chi connectivity index (χ3n) is 2.92. The first kappa shape index (κ1) is 13.1. The Labute approximate surface area is 114 Å². The Bertz CT molecular complexity index is 571. The van der Waals surface area contributed by atoms with Crippen molar-refractivity contribution in [2.24, 2.45) is 5.10 Å². The molecule has 0 radical (unpaired) electrons. The maximum absolute atomic E-state index is 4.44. The van der Waals surface area contributed by atoms with Gasteiger partial charge in [-0.15, -0.1) is 6.58 Å². The average molecular weight is 250 g/mol. The van der Waals surface area contributed by atoms with Gasteiger partial charge in [0.05, 0.1) is 11.4 Å². The molecule has 2 heteroatoms. The second-order valence-electron chi connectivity index (χ2n) is 4.32. The molecule has 0 amide bonds. The SMILES string of the molecule is C=CCc1ccccc1N/N=C(\C)c1ccccc1. The van der Waals surface area contributed by atoms with Crippen LogP contribution in [0.2, 0.25) is 0 Å². The fraction of sp³-hybridized carbons (Fsp3) is 0.118. The van der Waals surface area contributed by atoms with E-state index in [0.717, 1.165) is 23.4 Å². The van der Waals surface area contributed by atoms with E-state index >= 15 is 0 Å². The molecule has 0 heterocycles. The van der Waals surface area contributed by atoms with Crippen molar-refractivity contribution in [2.75, 3.05) is 5.43 Å². The van der Waals surface area contributed by atoms with Crippen molar-refractivity contribution in [1.82, 2.24) is 0 Å². The molecule has 0 aliphatic heterocycles. The lowest BCUT2D eigenvalue weighted by molar-refractivity contribution is 1.23. The van der Waals surface area contributed by atoms with Gasteiger partial charge in [-0.3, -0.25) is 5.43 Å². The van der Waals surface area contributed by atoms with Crippen LogP contribution >= 0.6 is 0 Å². The number of hydrogen-bond donors (Lipinski definition) is 1. The molecular weight excluding hydrogens is 232 g/mol. The Morgan fingerprint density at radius 2 is 1.79 bits per heavy atom. The Balaban J connectivity index is 2.16. The molecule has 96 valence electrons. The maximum Gasteiger partial charge on any atom is 0.0648 e. The van der Waals surface area contributed by atoms with Gasteiger partial charge in [-0.05, 0) is 30.5 Å². The van der Waals surface area contributed by atoms with Crippen LogP contribution in [0, 0.1) is 0 Å². The first-order chi connectivity index (χ1) is 9.31. The van der Waals surface area contributed by atoms with Gasteiger partial charge in [-0.1, -0.05) is 54.6 Å². The summed E-state index contributed by atoms with van der Waals surface area (Å²) in [6.45, 7) is 5.77. The Morgan fingerprint density at radius 1 is 1.11 bits per heavy atom. The summed E-state index contributed by atoms with van der Waals surface area (Å²) in [5.41, 5.74) is 7.45. The average Bonchev–Trinajstić information content (AvgIpc) is 2.47. The van der Waals surface area contributed by atoms with E-state index in [1.165, 1.54) is 5.56 Å². The Morgan fingerprint density at radius 3 is 2.53 bits per heavy atom. The van der Waals surface area contributed by atoms with Crippen LogP contribution in [0.1, 0.15) is 18.1 Å². The highest BCUT2D eigenvalue weighted by atomic mass is 15.3. The predicted molar refractivity (Wildman–Crippen MR) is 82.6 cm³/mol. The smallest absolute Gasteiger partial charge is 0.0648 e. The standard InChI is InChI=1S/C17H18N2/c1-3-9-16-12-7-8-13-17(16)19-18-14(2)15-10-5-4-6-11-15/h3-8,10-13,19H,1,9H2,2H3/b18-14+. The van der Waals surface area contributed by atoms with Gasteiger partial charge in [-0.2, -0.15) is 5.10 Å². The fourth-order valence-corrected chi connectivity index (χ4v) is 1.85. The van der Waals surface area contributed by atoms with Crippen molar-refractivity contribution in [1.29, 1.82) is 0 Å². The fourth-order valence-electron chi connectivity index (χ4n) is 1.85. The lowest BCUT2D eigenvalue weighted by Crippen LogP contribution is -2.01. The van der Waals surface area contributed by atoms with Crippen LogP contribution < -0.4 is 5.43 Å². The summed E-state index contributed by atoms with van der Waals surface area (Å²) in [5.74, 6) is 0. The largest absolute Gasteiger partial charge is 0.278 e. The van der Waals surface area contributed by atoms with E-state index in [1.54, 1.807) is 0 Å². The van der Waals surface area contributed by atoms with Crippen molar-refractivity contribution in [3.05, 3.63) is 78.4 Å². The monoisotopic (exact) mass is 250 g/mol. The predicted octanol–water partition coefficient (Wildman–Crippen LogP) is 4.25. The molecule has 0 aliphatic carbocycles. The van der Waals surface area contributed by atoms with E-state index in [2.05, 4.69) is 35.3 Å². The van der Waals surface area contributed by atoms with Crippen molar-refractivity contribution in [3.8, 4) is 0 Å². The minimum absolute atomic E-state index is 0.836. The molecule has 0 aliphatic rings. The minimum atomic E-state index is 0.836. The van der Waals surface area contributed by atoms with Crippen LogP contribution in [0.3, 0.4) is 0 Å². The lowest BCUT2D eigenvalue weighted by atomic mass is 10.1. The van der Waals surface area contributed by atoms with Gasteiger partial charge in [-0.25, -0.2) is 0 Å². The molecule has 0 atom stereocenters. The van der Waals surface area contributed by atoms with E-state index < -0.39 is 0 Å². The summed E-state index contributed by atoms with van der Waals surface area (Å²) in [6.07, 6.45) is 2.73. The van der Waals surface area contributed by atoms with E-state index in [9.17, 15) is 0 Å². The molecular formula is C17H18N2. The van der Waals surface area contributed by atoms with Crippen molar-refractivity contribution in [3.63, 3.8) is 0 Å². The summed E-state index contributed by atoms with van der Waals surface area (Å²) in [4.78, 5) is 0. The summed E-state index contributed by atoms with van der Waals surface area (Å²) in [7, 11) is 0. The number of hydrazone groups is 1. The van der Waals surface area contributed by atoms with E-state index in [0.29, 0.717) is 0 Å². The molecule has 0 fully saturated rings. The molecule has 1 N–H and O–H groups in total. The van der Waals surface area contributed by atoms with Crippen LogP contribution in [-0.4, -0.2) is 5.71 Å². The molecule has 0 spiro atoms. The van der Waals surface area contributed by atoms with Crippen LogP contribution in [-0.2, 0) is 6.42 Å². The molecule has 0 saturated carbocycles. The number of allylic oxidation sites excluding steroid dienone is 1. The van der Waals surface area contributed by atoms with Gasteiger partial charge in [0.1, 0.15) is 0 Å². The zero-order valence-corrected chi connectivity index (χ0v) is 11.1. The molecule has 2 aromatic carbocycles. The number of hydrogen-bond acceptors (Lipinski definition) is 2. The molecule has 0 saturated heterocycles. The van der Waals surface area contributed by atoms with Gasteiger partial charge < -0.3 is 0 Å². The first-order valence-corrected chi connectivity index (χ1v) is 6.36. The second-order valence-corrected chi connectivity index (χ2v) is 4.32. The lowest BCUT2D eigenvalue weighted by Gasteiger charge is -2.08. The first-order valence-electron chi connectivity index (χ1n) is 6.36. The number of benzene rings is 2. The van der Waals surface area contributed by atoms with E-state index in [4.69, 9.17) is 0 Å². The summed E-state index contributed by atoms with van der Waals surface area (Å²) in [6, 6.07) is 18.3. The van der Waals surface area contributed by atoms with Crippen molar-refractivity contribution in [2.45, 2.75) is 13.3 Å². The highest BCUT2D eigenvalue weighted by Crippen LogP contribution is 2.16. The topological polar surface area (TPSA) is 24.4 Å². The van der Waals surface area contributed by atoms with Gasteiger partial charge in [0.2, 0.25) is 0 Å². The van der Waals surface area contributed by atoms with Gasteiger partial charge in [0, 0.05) is 0 Å². The molecule has 2 nitrogen and oxygen atoms in total. The van der Waals surface area contributed by atoms with Crippen molar-refractivity contribution >= 4 is 11.4 Å².